The maximum absolute atomic E-state index is 13.0. The molecule has 0 saturated carbocycles. The normalized spacial score (nSPS) is 12.7. The molecule has 160 valence electrons. The van der Waals surface area contributed by atoms with Crippen molar-refractivity contribution in [2.75, 3.05) is 19.5 Å². The third-order valence-corrected chi connectivity index (χ3v) is 5.30. The fraction of sp³-hybridized carbons (Fsp3) is 0.273. The zero-order valence-electron chi connectivity index (χ0n) is 17.3. The molecule has 0 fully saturated rings. The van der Waals surface area contributed by atoms with E-state index in [1.54, 1.807) is 12.1 Å². The summed E-state index contributed by atoms with van der Waals surface area (Å²) in [6, 6.07) is 9.76. The minimum Gasteiger partial charge on any atom is -0.493 e. The van der Waals surface area contributed by atoms with E-state index in [4.69, 9.17) is 14.5 Å². The van der Waals surface area contributed by atoms with Gasteiger partial charge in [-0.25, -0.2) is 4.98 Å². The molecule has 2 aromatic carbocycles. The van der Waals surface area contributed by atoms with Gasteiger partial charge in [-0.3, -0.25) is 14.9 Å². The molecule has 31 heavy (non-hydrogen) atoms. The number of ether oxygens (including phenoxy) is 2. The van der Waals surface area contributed by atoms with Crippen LogP contribution >= 0.6 is 0 Å². The van der Waals surface area contributed by atoms with Gasteiger partial charge in [-0.2, -0.15) is 0 Å². The van der Waals surface area contributed by atoms with Crippen LogP contribution in [0.5, 0.6) is 11.5 Å². The van der Waals surface area contributed by atoms with Gasteiger partial charge in [0.05, 0.1) is 36.6 Å². The van der Waals surface area contributed by atoms with Crippen LogP contribution in [0.4, 0.5) is 11.4 Å². The average molecular weight is 422 g/mol. The molecule has 3 aromatic rings. The van der Waals surface area contributed by atoms with Crippen LogP contribution in [0.25, 0.3) is 11.3 Å². The number of aromatic nitrogens is 2. The first-order chi connectivity index (χ1) is 15.0. The maximum atomic E-state index is 13.0. The van der Waals surface area contributed by atoms with E-state index in [2.05, 4.69) is 9.88 Å². The predicted octanol–water partition coefficient (Wildman–Crippen LogP) is 4.06. The van der Waals surface area contributed by atoms with Crippen LogP contribution in [0.2, 0.25) is 0 Å². The lowest BCUT2D eigenvalue weighted by Gasteiger charge is -2.12. The summed E-state index contributed by atoms with van der Waals surface area (Å²) < 4.78 is 12.5. The molecule has 1 aliphatic rings. The SMILES string of the molecule is COc1cc(C(=O)Nc2ccccc2-c2cn3c(n2)CCCC3)c([N+](=O)[O-])cc1OC. The Morgan fingerprint density at radius 2 is 1.90 bits per heavy atom. The Labute approximate surface area is 178 Å². The van der Waals surface area contributed by atoms with Gasteiger partial charge in [0.1, 0.15) is 11.4 Å². The monoisotopic (exact) mass is 422 g/mol. The molecule has 0 atom stereocenters. The molecule has 0 spiro atoms. The lowest BCUT2D eigenvalue weighted by Crippen LogP contribution is -2.15. The number of nitrogens with one attached hydrogen (secondary N) is 1. The highest BCUT2D eigenvalue weighted by Gasteiger charge is 2.25. The first-order valence-electron chi connectivity index (χ1n) is 9.89. The molecule has 4 rings (SSSR count). The van der Waals surface area contributed by atoms with Gasteiger partial charge in [-0.05, 0) is 18.9 Å². The summed E-state index contributed by atoms with van der Waals surface area (Å²) in [5.41, 5.74) is 1.54. The number of hydrogen-bond acceptors (Lipinski definition) is 6. The molecule has 0 aliphatic carbocycles. The zero-order valence-corrected chi connectivity index (χ0v) is 17.3. The van der Waals surface area contributed by atoms with Crippen molar-refractivity contribution in [1.29, 1.82) is 0 Å². The number of amides is 1. The van der Waals surface area contributed by atoms with E-state index in [0.717, 1.165) is 42.9 Å². The van der Waals surface area contributed by atoms with Crippen LogP contribution in [0.1, 0.15) is 29.0 Å². The Hall–Kier alpha value is -3.88. The predicted molar refractivity (Wildman–Crippen MR) is 115 cm³/mol. The molecule has 1 N–H and O–H groups in total. The Morgan fingerprint density at radius 1 is 1.16 bits per heavy atom. The number of methoxy groups -OCH3 is 2. The fourth-order valence-electron chi connectivity index (χ4n) is 3.75. The number of carbonyl (C=O) groups is 1. The number of nitro benzene ring substituents is 1. The van der Waals surface area contributed by atoms with Crippen molar-refractivity contribution in [2.24, 2.45) is 0 Å². The first-order valence-corrected chi connectivity index (χ1v) is 9.89. The summed E-state index contributed by atoms with van der Waals surface area (Å²) in [5, 5.41) is 14.4. The van der Waals surface area contributed by atoms with Crippen molar-refractivity contribution in [3.05, 3.63) is 64.1 Å². The summed E-state index contributed by atoms with van der Waals surface area (Å²) >= 11 is 0. The number of fused-ring (bicyclic) bond motifs is 1. The number of aryl methyl sites for hydroxylation is 2. The average Bonchev–Trinajstić information content (AvgIpc) is 3.22. The van der Waals surface area contributed by atoms with E-state index in [-0.39, 0.29) is 22.7 Å². The van der Waals surface area contributed by atoms with Crippen molar-refractivity contribution in [3.63, 3.8) is 0 Å². The number of anilines is 1. The molecular weight excluding hydrogens is 400 g/mol. The van der Waals surface area contributed by atoms with Gasteiger partial charge in [-0.1, -0.05) is 18.2 Å². The van der Waals surface area contributed by atoms with Crippen molar-refractivity contribution in [2.45, 2.75) is 25.8 Å². The summed E-state index contributed by atoms with van der Waals surface area (Å²) in [5.74, 6) is 0.810. The molecule has 1 aromatic heterocycles. The van der Waals surface area contributed by atoms with E-state index in [1.165, 1.54) is 26.4 Å². The summed E-state index contributed by atoms with van der Waals surface area (Å²) in [6.07, 6.45) is 5.13. The first kappa shape index (κ1) is 20.4. The van der Waals surface area contributed by atoms with Crippen LogP contribution in [-0.4, -0.2) is 34.6 Å². The number of hydrogen-bond donors (Lipinski definition) is 1. The van der Waals surface area contributed by atoms with Crippen molar-refractivity contribution in [3.8, 4) is 22.8 Å². The Morgan fingerprint density at radius 3 is 2.61 bits per heavy atom. The zero-order chi connectivity index (χ0) is 22.0. The smallest absolute Gasteiger partial charge is 0.286 e. The molecule has 0 unspecified atom stereocenters. The van der Waals surface area contributed by atoms with Crippen LogP contribution in [0.3, 0.4) is 0 Å². The van der Waals surface area contributed by atoms with Gasteiger partial charge in [0, 0.05) is 30.8 Å². The van der Waals surface area contributed by atoms with Crippen LogP contribution < -0.4 is 14.8 Å². The number of rotatable bonds is 6. The van der Waals surface area contributed by atoms with Crippen LogP contribution in [0, 0.1) is 10.1 Å². The fourth-order valence-corrected chi connectivity index (χ4v) is 3.75. The second-order valence-corrected chi connectivity index (χ2v) is 7.17. The topological polar surface area (TPSA) is 109 Å². The molecule has 2 heterocycles. The second kappa shape index (κ2) is 8.47. The summed E-state index contributed by atoms with van der Waals surface area (Å²) in [6.45, 7) is 0.925. The molecule has 1 amide bonds. The Kier molecular flexibility index (Phi) is 5.57. The molecule has 0 bridgehead atoms. The van der Waals surface area contributed by atoms with Crippen molar-refractivity contribution in [1.82, 2.24) is 9.55 Å². The molecular formula is C22H22N4O5. The van der Waals surface area contributed by atoms with E-state index >= 15 is 0 Å². The highest BCUT2D eigenvalue weighted by molar-refractivity contribution is 6.09. The standard InChI is InChI=1S/C22H22N4O5/c1-30-19-11-15(18(26(28)29)12-20(19)31-2)22(27)24-16-8-4-3-7-14(16)17-13-25-10-6-5-9-21(25)23-17/h3-4,7-8,11-13H,5-6,9-10H2,1-2H3,(H,24,27). The minimum atomic E-state index is -0.621. The number of imidazole rings is 1. The number of nitro groups is 1. The van der Waals surface area contributed by atoms with E-state index < -0.39 is 10.8 Å². The number of benzene rings is 2. The van der Waals surface area contributed by atoms with Gasteiger partial charge in [-0.15, -0.1) is 0 Å². The van der Waals surface area contributed by atoms with E-state index in [1.807, 2.05) is 18.3 Å². The van der Waals surface area contributed by atoms with Gasteiger partial charge in [0.2, 0.25) is 0 Å². The van der Waals surface area contributed by atoms with Crippen LogP contribution in [-0.2, 0) is 13.0 Å². The second-order valence-electron chi connectivity index (χ2n) is 7.17. The molecule has 0 radical (unpaired) electrons. The summed E-state index contributed by atoms with van der Waals surface area (Å²) in [7, 11) is 2.78. The quantitative estimate of drug-likeness (QED) is 0.474. The number of nitrogens with zero attached hydrogens (tertiary/aromatic N) is 3. The maximum Gasteiger partial charge on any atom is 0.286 e. The summed E-state index contributed by atoms with van der Waals surface area (Å²) in [4.78, 5) is 28.7. The third kappa shape index (κ3) is 3.94. The number of carbonyl (C=O) groups excluding carboxylic acids is 1. The molecule has 0 saturated heterocycles. The lowest BCUT2D eigenvalue weighted by atomic mass is 10.1. The van der Waals surface area contributed by atoms with E-state index in [0.29, 0.717) is 5.69 Å². The third-order valence-electron chi connectivity index (χ3n) is 5.30. The van der Waals surface area contributed by atoms with Gasteiger partial charge >= 0.3 is 0 Å². The highest BCUT2D eigenvalue weighted by atomic mass is 16.6. The molecule has 1 aliphatic heterocycles. The Balaban J connectivity index is 1.70. The van der Waals surface area contributed by atoms with E-state index in [9.17, 15) is 14.9 Å². The largest absolute Gasteiger partial charge is 0.493 e. The Bertz CT molecular complexity index is 1130. The van der Waals surface area contributed by atoms with Crippen LogP contribution in [0.15, 0.2) is 42.6 Å². The minimum absolute atomic E-state index is 0.124. The van der Waals surface area contributed by atoms with Gasteiger partial charge in [0.25, 0.3) is 11.6 Å². The number of para-hydroxylation sites is 1. The molecule has 9 heteroatoms. The molecule has 9 nitrogen and oxygen atoms in total. The van der Waals surface area contributed by atoms with Gasteiger partial charge < -0.3 is 19.4 Å². The lowest BCUT2D eigenvalue weighted by molar-refractivity contribution is -0.385. The van der Waals surface area contributed by atoms with Gasteiger partial charge in [0.15, 0.2) is 11.5 Å². The van der Waals surface area contributed by atoms with Crippen molar-refractivity contribution < 1.29 is 19.2 Å². The highest BCUT2D eigenvalue weighted by Crippen LogP contribution is 2.35. The van der Waals surface area contributed by atoms with Crippen molar-refractivity contribution >= 4 is 17.3 Å².